The molecule has 1 N–H and O–H groups in total. The second-order valence-corrected chi connectivity index (χ2v) is 7.55. The third-order valence-electron chi connectivity index (χ3n) is 3.77. The fourth-order valence-corrected chi connectivity index (χ4v) is 3.13. The van der Waals surface area contributed by atoms with E-state index in [9.17, 15) is 12.8 Å². The Morgan fingerprint density at radius 2 is 2.00 bits per heavy atom. The minimum atomic E-state index is -2.89. The lowest BCUT2D eigenvalue weighted by Gasteiger charge is -2.36. The molecule has 0 unspecified atom stereocenters. The predicted octanol–water partition coefficient (Wildman–Crippen LogP) is 2.10. The quantitative estimate of drug-likeness (QED) is 0.870. The van der Waals surface area contributed by atoms with Crippen LogP contribution in [0.2, 0.25) is 0 Å². The summed E-state index contributed by atoms with van der Waals surface area (Å²) in [5.41, 5.74) is 0.779. The molecule has 0 aromatic heterocycles. The van der Waals surface area contributed by atoms with E-state index in [2.05, 4.69) is 5.32 Å². The second kappa shape index (κ2) is 6.01. The van der Waals surface area contributed by atoms with Crippen LogP contribution in [0, 0.1) is 5.82 Å². The van der Waals surface area contributed by atoms with Gasteiger partial charge in [0.25, 0.3) is 0 Å². The van der Waals surface area contributed by atoms with Crippen molar-refractivity contribution < 1.29 is 12.8 Å². The minimum Gasteiger partial charge on any atom is -0.313 e. The summed E-state index contributed by atoms with van der Waals surface area (Å²) in [7, 11) is -2.89. The van der Waals surface area contributed by atoms with Crippen molar-refractivity contribution in [2.45, 2.75) is 31.7 Å². The molecule has 106 valence electrons. The van der Waals surface area contributed by atoms with Crippen molar-refractivity contribution in [2.75, 3.05) is 18.1 Å². The maximum atomic E-state index is 13.5. The van der Waals surface area contributed by atoms with Crippen LogP contribution in [-0.4, -0.2) is 32.5 Å². The standard InChI is InChI=1S/C14H20FNO2S/c1-2-19(17,18)8-7-16-12-9-11(10-12)13-5-3-4-6-14(13)15/h3-6,11-12,16H,2,7-10H2,1H3. The van der Waals surface area contributed by atoms with Crippen molar-refractivity contribution >= 4 is 9.84 Å². The normalized spacial score (nSPS) is 23.1. The molecule has 0 amide bonds. The average molecular weight is 285 g/mol. The Hall–Kier alpha value is -0.940. The molecule has 19 heavy (non-hydrogen) atoms. The molecule has 0 radical (unpaired) electrons. The van der Waals surface area contributed by atoms with Gasteiger partial charge in [-0.3, -0.25) is 0 Å². The predicted molar refractivity (Wildman–Crippen MR) is 74.5 cm³/mol. The van der Waals surface area contributed by atoms with Gasteiger partial charge >= 0.3 is 0 Å². The zero-order chi connectivity index (χ0) is 13.9. The van der Waals surface area contributed by atoms with E-state index < -0.39 is 9.84 Å². The van der Waals surface area contributed by atoms with E-state index >= 15 is 0 Å². The Balaban J connectivity index is 1.74. The highest BCUT2D eigenvalue weighted by Crippen LogP contribution is 2.37. The summed E-state index contributed by atoms with van der Waals surface area (Å²) in [6.45, 7) is 2.15. The van der Waals surface area contributed by atoms with Crippen molar-refractivity contribution in [3.05, 3.63) is 35.6 Å². The molecule has 1 aliphatic rings. The lowest BCUT2D eigenvalue weighted by molar-refractivity contribution is 0.290. The van der Waals surface area contributed by atoms with Gasteiger partial charge in [-0.15, -0.1) is 0 Å². The SMILES string of the molecule is CCS(=O)(=O)CCNC1CC(c2ccccc2F)C1. The van der Waals surface area contributed by atoms with Crippen molar-refractivity contribution in [2.24, 2.45) is 0 Å². The van der Waals surface area contributed by atoms with E-state index in [1.54, 1.807) is 13.0 Å². The zero-order valence-corrected chi connectivity index (χ0v) is 11.9. The number of benzene rings is 1. The van der Waals surface area contributed by atoms with Gasteiger partial charge in [0, 0.05) is 18.3 Å². The molecule has 3 nitrogen and oxygen atoms in total. The Labute approximate surface area is 114 Å². The van der Waals surface area contributed by atoms with Crippen molar-refractivity contribution in [1.29, 1.82) is 0 Å². The van der Waals surface area contributed by atoms with Gasteiger partial charge in [0.05, 0.1) is 5.75 Å². The molecule has 1 saturated carbocycles. The van der Waals surface area contributed by atoms with E-state index in [1.807, 2.05) is 12.1 Å². The summed E-state index contributed by atoms with van der Waals surface area (Å²) in [6, 6.07) is 7.19. The number of hydrogen-bond acceptors (Lipinski definition) is 3. The first-order chi connectivity index (χ1) is 9.02. The van der Waals surface area contributed by atoms with Gasteiger partial charge in [0.15, 0.2) is 9.84 Å². The lowest BCUT2D eigenvalue weighted by Crippen LogP contribution is -2.42. The number of hydrogen-bond donors (Lipinski definition) is 1. The van der Waals surface area contributed by atoms with Crippen LogP contribution in [-0.2, 0) is 9.84 Å². The Morgan fingerprint density at radius 3 is 2.63 bits per heavy atom. The van der Waals surface area contributed by atoms with Crippen LogP contribution in [0.5, 0.6) is 0 Å². The Morgan fingerprint density at radius 1 is 1.32 bits per heavy atom. The van der Waals surface area contributed by atoms with E-state index in [0.29, 0.717) is 12.6 Å². The molecule has 0 aliphatic heterocycles. The second-order valence-electron chi connectivity index (χ2n) is 5.08. The van der Waals surface area contributed by atoms with Crippen LogP contribution >= 0.6 is 0 Å². The third-order valence-corrected chi connectivity index (χ3v) is 5.47. The first kappa shape index (κ1) is 14.5. The topological polar surface area (TPSA) is 46.2 Å². The number of sulfone groups is 1. The number of rotatable bonds is 6. The molecule has 0 spiro atoms. The zero-order valence-electron chi connectivity index (χ0n) is 11.1. The molecule has 0 heterocycles. The Bertz CT molecular complexity index is 524. The number of nitrogens with one attached hydrogen (secondary N) is 1. The largest absolute Gasteiger partial charge is 0.313 e. The van der Waals surface area contributed by atoms with Gasteiger partial charge in [-0.1, -0.05) is 25.1 Å². The summed E-state index contributed by atoms with van der Waals surface area (Å²) >= 11 is 0. The van der Waals surface area contributed by atoms with Gasteiger partial charge in [-0.25, -0.2) is 12.8 Å². The summed E-state index contributed by atoms with van der Waals surface area (Å²) < 4.78 is 36.2. The molecule has 1 aromatic carbocycles. The lowest BCUT2D eigenvalue weighted by atomic mass is 9.75. The fraction of sp³-hybridized carbons (Fsp3) is 0.571. The van der Waals surface area contributed by atoms with Crippen LogP contribution in [0.3, 0.4) is 0 Å². The number of halogens is 1. The van der Waals surface area contributed by atoms with Gasteiger partial charge in [0.1, 0.15) is 5.82 Å². The maximum Gasteiger partial charge on any atom is 0.151 e. The molecule has 0 saturated heterocycles. The van der Waals surface area contributed by atoms with Crippen LogP contribution in [0.1, 0.15) is 31.2 Å². The molecule has 0 bridgehead atoms. The molecule has 0 atom stereocenters. The summed E-state index contributed by atoms with van der Waals surface area (Å²) in [5.74, 6) is 0.502. The van der Waals surface area contributed by atoms with E-state index in [0.717, 1.165) is 18.4 Å². The summed E-state index contributed by atoms with van der Waals surface area (Å²) in [6.07, 6.45) is 1.76. The third kappa shape index (κ3) is 3.76. The van der Waals surface area contributed by atoms with Crippen LogP contribution in [0.4, 0.5) is 4.39 Å². The molecule has 1 fully saturated rings. The van der Waals surface area contributed by atoms with Gasteiger partial charge in [0.2, 0.25) is 0 Å². The maximum absolute atomic E-state index is 13.5. The smallest absolute Gasteiger partial charge is 0.151 e. The first-order valence-corrected chi connectivity index (χ1v) is 8.52. The van der Waals surface area contributed by atoms with Crippen molar-refractivity contribution in [3.63, 3.8) is 0 Å². The van der Waals surface area contributed by atoms with Crippen LogP contribution in [0.15, 0.2) is 24.3 Å². The summed E-state index contributed by atoms with van der Waals surface area (Å²) in [4.78, 5) is 0. The molecule has 1 aliphatic carbocycles. The van der Waals surface area contributed by atoms with Gasteiger partial charge in [-0.2, -0.15) is 0 Å². The van der Waals surface area contributed by atoms with Crippen molar-refractivity contribution in [1.82, 2.24) is 5.32 Å². The molecular formula is C14H20FNO2S. The van der Waals surface area contributed by atoms with Crippen LogP contribution in [0.25, 0.3) is 0 Å². The van der Waals surface area contributed by atoms with Crippen LogP contribution < -0.4 is 5.32 Å². The molecule has 5 heteroatoms. The fourth-order valence-electron chi connectivity index (χ4n) is 2.41. The Kier molecular flexibility index (Phi) is 4.58. The monoisotopic (exact) mass is 285 g/mol. The van der Waals surface area contributed by atoms with E-state index in [-0.39, 0.29) is 23.2 Å². The average Bonchev–Trinajstić information content (AvgIpc) is 2.33. The molecule has 2 rings (SSSR count). The minimum absolute atomic E-state index is 0.139. The highest BCUT2D eigenvalue weighted by atomic mass is 32.2. The highest BCUT2D eigenvalue weighted by Gasteiger charge is 2.31. The van der Waals surface area contributed by atoms with Gasteiger partial charge in [-0.05, 0) is 30.4 Å². The van der Waals surface area contributed by atoms with Gasteiger partial charge < -0.3 is 5.32 Å². The van der Waals surface area contributed by atoms with E-state index in [1.165, 1.54) is 6.07 Å². The van der Waals surface area contributed by atoms with Crippen molar-refractivity contribution in [3.8, 4) is 0 Å². The molecular weight excluding hydrogens is 265 g/mol. The molecule has 1 aromatic rings. The first-order valence-electron chi connectivity index (χ1n) is 6.70. The highest BCUT2D eigenvalue weighted by molar-refractivity contribution is 7.91. The van der Waals surface area contributed by atoms with E-state index in [4.69, 9.17) is 0 Å². The summed E-state index contributed by atoms with van der Waals surface area (Å²) in [5, 5.41) is 3.23.